The standard InChI is InChI=1S/C13H17ClFN/c1-2-7-16-13(9-3-4-9)10-5-6-11(14)12(15)8-10/h5-6,8-9,13,16H,2-4,7H2,1H3. The van der Waals surface area contributed by atoms with Gasteiger partial charge in [0.15, 0.2) is 0 Å². The second kappa shape index (κ2) is 5.15. The summed E-state index contributed by atoms with van der Waals surface area (Å²) in [5, 5.41) is 3.69. The van der Waals surface area contributed by atoms with Gasteiger partial charge in [0, 0.05) is 6.04 Å². The molecule has 1 saturated carbocycles. The number of benzene rings is 1. The summed E-state index contributed by atoms with van der Waals surface area (Å²) in [6.45, 7) is 3.12. The van der Waals surface area contributed by atoms with Crippen LogP contribution in [0, 0.1) is 11.7 Å². The Bertz CT molecular complexity index is 363. The summed E-state index contributed by atoms with van der Waals surface area (Å²) in [5.74, 6) is 0.357. The van der Waals surface area contributed by atoms with Crippen molar-refractivity contribution in [2.75, 3.05) is 6.54 Å². The third-order valence-electron chi connectivity index (χ3n) is 3.01. The fourth-order valence-corrected chi connectivity index (χ4v) is 2.11. The van der Waals surface area contributed by atoms with Gasteiger partial charge in [0.1, 0.15) is 5.82 Å². The molecular weight excluding hydrogens is 225 g/mol. The predicted octanol–water partition coefficient (Wildman–Crippen LogP) is 3.93. The highest BCUT2D eigenvalue weighted by Crippen LogP contribution is 2.41. The molecule has 3 heteroatoms. The molecular formula is C13H17ClFN. The van der Waals surface area contributed by atoms with E-state index in [1.54, 1.807) is 12.1 Å². The molecule has 1 atom stereocenters. The molecule has 0 amide bonds. The molecule has 0 radical (unpaired) electrons. The Hall–Kier alpha value is -0.600. The smallest absolute Gasteiger partial charge is 0.142 e. The summed E-state index contributed by atoms with van der Waals surface area (Å²) < 4.78 is 13.4. The van der Waals surface area contributed by atoms with Crippen molar-refractivity contribution < 1.29 is 4.39 Å². The first-order chi connectivity index (χ1) is 7.72. The van der Waals surface area contributed by atoms with Crippen molar-refractivity contribution in [3.63, 3.8) is 0 Å². The Kier molecular flexibility index (Phi) is 3.82. The summed E-state index contributed by atoms with van der Waals surface area (Å²) in [6, 6.07) is 5.44. The van der Waals surface area contributed by atoms with Crippen LogP contribution >= 0.6 is 11.6 Å². The molecule has 1 fully saturated rings. The van der Waals surface area contributed by atoms with Gasteiger partial charge in [-0.15, -0.1) is 0 Å². The van der Waals surface area contributed by atoms with E-state index in [0.717, 1.165) is 18.5 Å². The third kappa shape index (κ3) is 2.74. The molecule has 0 bridgehead atoms. The van der Waals surface area contributed by atoms with E-state index in [-0.39, 0.29) is 10.8 Å². The lowest BCUT2D eigenvalue weighted by atomic mass is 10.0. The van der Waals surface area contributed by atoms with Crippen LogP contribution in [0.5, 0.6) is 0 Å². The van der Waals surface area contributed by atoms with Gasteiger partial charge in [0.05, 0.1) is 5.02 Å². The van der Waals surface area contributed by atoms with Crippen LogP contribution in [0.15, 0.2) is 18.2 Å². The fourth-order valence-electron chi connectivity index (χ4n) is 1.99. The molecule has 0 aromatic heterocycles. The topological polar surface area (TPSA) is 12.0 Å². The first-order valence-electron chi connectivity index (χ1n) is 5.90. The van der Waals surface area contributed by atoms with Gasteiger partial charge in [-0.05, 0) is 49.4 Å². The fraction of sp³-hybridized carbons (Fsp3) is 0.538. The lowest BCUT2D eigenvalue weighted by molar-refractivity contribution is 0.478. The van der Waals surface area contributed by atoms with Crippen molar-refractivity contribution >= 4 is 11.6 Å². The summed E-state index contributed by atoms with van der Waals surface area (Å²) in [5.41, 5.74) is 1.03. The van der Waals surface area contributed by atoms with Gasteiger partial charge in [0.2, 0.25) is 0 Å². The Morgan fingerprint density at radius 2 is 2.25 bits per heavy atom. The molecule has 1 aromatic carbocycles. The van der Waals surface area contributed by atoms with Crippen LogP contribution in [-0.2, 0) is 0 Å². The minimum Gasteiger partial charge on any atom is -0.310 e. The minimum atomic E-state index is -0.317. The van der Waals surface area contributed by atoms with Crippen LogP contribution in [0.3, 0.4) is 0 Å². The number of halogens is 2. The van der Waals surface area contributed by atoms with E-state index in [2.05, 4.69) is 12.2 Å². The molecule has 2 rings (SSSR count). The monoisotopic (exact) mass is 241 g/mol. The summed E-state index contributed by atoms with van der Waals surface area (Å²) in [7, 11) is 0. The van der Waals surface area contributed by atoms with Gasteiger partial charge >= 0.3 is 0 Å². The second-order valence-electron chi connectivity index (χ2n) is 4.44. The van der Waals surface area contributed by atoms with Crippen molar-refractivity contribution in [3.05, 3.63) is 34.6 Å². The van der Waals surface area contributed by atoms with Crippen LogP contribution < -0.4 is 5.32 Å². The van der Waals surface area contributed by atoms with Gasteiger partial charge in [-0.2, -0.15) is 0 Å². The van der Waals surface area contributed by atoms with Crippen LogP contribution in [0.2, 0.25) is 5.02 Å². The summed E-state index contributed by atoms with van der Waals surface area (Å²) in [6.07, 6.45) is 3.58. The Labute approximate surface area is 101 Å². The SMILES string of the molecule is CCCNC(c1ccc(Cl)c(F)c1)C1CC1. The Morgan fingerprint density at radius 3 is 2.81 bits per heavy atom. The van der Waals surface area contributed by atoms with E-state index < -0.39 is 0 Å². The molecule has 16 heavy (non-hydrogen) atoms. The van der Waals surface area contributed by atoms with Crippen molar-refractivity contribution in [3.8, 4) is 0 Å². The maximum Gasteiger partial charge on any atom is 0.142 e. The van der Waals surface area contributed by atoms with E-state index in [9.17, 15) is 4.39 Å². The highest BCUT2D eigenvalue weighted by Gasteiger charge is 2.32. The molecule has 88 valence electrons. The molecule has 1 aliphatic carbocycles. The molecule has 0 saturated heterocycles. The lowest BCUT2D eigenvalue weighted by Gasteiger charge is -2.18. The van der Waals surface area contributed by atoms with Crippen molar-refractivity contribution in [1.82, 2.24) is 5.32 Å². The highest BCUT2D eigenvalue weighted by molar-refractivity contribution is 6.30. The highest BCUT2D eigenvalue weighted by atomic mass is 35.5. The summed E-state index contributed by atoms with van der Waals surface area (Å²) >= 11 is 5.69. The zero-order valence-electron chi connectivity index (χ0n) is 9.47. The number of hydrogen-bond donors (Lipinski definition) is 1. The van der Waals surface area contributed by atoms with Gasteiger partial charge in [-0.25, -0.2) is 4.39 Å². The Morgan fingerprint density at radius 1 is 1.50 bits per heavy atom. The van der Waals surface area contributed by atoms with Crippen molar-refractivity contribution in [1.29, 1.82) is 0 Å². The molecule has 0 aliphatic heterocycles. The molecule has 1 N–H and O–H groups in total. The molecule has 0 heterocycles. The van der Waals surface area contributed by atoms with Crippen molar-refractivity contribution in [2.45, 2.75) is 32.2 Å². The molecule has 1 unspecified atom stereocenters. The van der Waals surface area contributed by atoms with Crippen molar-refractivity contribution in [2.24, 2.45) is 5.92 Å². The van der Waals surface area contributed by atoms with Gasteiger partial charge in [-0.1, -0.05) is 24.6 Å². The zero-order valence-corrected chi connectivity index (χ0v) is 10.2. The zero-order chi connectivity index (χ0) is 11.5. The number of nitrogens with one attached hydrogen (secondary N) is 1. The van der Waals surface area contributed by atoms with E-state index in [1.165, 1.54) is 12.8 Å². The van der Waals surface area contributed by atoms with Crippen LogP contribution in [0.25, 0.3) is 0 Å². The maximum absolute atomic E-state index is 13.4. The van der Waals surface area contributed by atoms with E-state index in [4.69, 9.17) is 11.6 Å². The van der Waals surface area contributed by atoms with E-state index >= 15 is 0 Å². The van der Waals surface area contributed by atoms with Gasteiger partial charge < -0.3 is 5.32 Å². The van der Waals surface area contributed by atoms with Crippen LogP contribution in [-0.4, -0.2) is 6.54 Å². The largest absolute Gasteiger partial charge is 0.310 e. The van der Waals surface area contributed by atoms with Gasteiger partial charge in [0.25, 0.3) is 0 Å². The van der Waals surface area contributed by atoms with Gasteiger partial charge in [-0.3, -0.25) is 0 Å². The second-order valence-corrected chi connectivity index (χ2v) is 4.85. The van der Waals surface area contributed by atoms with E-state index in [1.807, 2.05) is 6.07 Å². The Balaban J connectivity index is 2.14. The average Bonchev–Trinajstić information content (AvgIpc) is 3.08. The molecule has 0 spiro atoms. The normalized spacial score (nSPS) is 17.4. The quantitative estimate of drug-likeness (QED) is 0.824. The molecule has 1 aromatic rings. The number of rotatable bonds is 5. The molecule has 1 nitrogen and oxygen atoms in total. The average molecular weight is 242 g/mol. The maximum atomic E-state index is 13.4. The minimum absolute atomic E-state index is 0.203. The van der Waals surface area contributed by atoms with Crippen LogP contribution in [0.4, 0.5) is 4.39 Å². The van der Waals surface area contributed by atoms with Crippen LogP contribution in [0.1, 0.15) is 37.8 Å². The number of hydrogen-bond acceptors (Lipinski definition) is 1. The first kappa shape index (κ1) is 11.9. The molecule has 1 aliphatic rings. The first-order valence-corrected chi connectivity index (χ1v) is 6.28. The predicted molar refractivity (Wildman–Crippen MR) is 65.2 cm³/mol. The third-order valence-corrected chi connectivity index (χ3v) is 3.32. The lowest BCUT2D eigenvalue weighted by Crippen LogP contribution is -2.23. The summed E-state index contributed by atoms with van der Waals surface area (Å²) in [4.78, 5) is 0. The van der Waals surface area contributed by atoms with E-state index in [0.29, 0.717) is 12.0 Å².